The first-order valence-electron chi connectivity index (χ1n) is 6.79. The molecule has 1 unspecified atom stereocenters. The number of nitrogens with one attached hydrogen (secondary N) is 2. The van der Waals surface area contributed by atoms with Gasteiger partial charge in [-0.25, -0.2) is 0 Å². The van der Waals surface area contributed by atoms with Crippen LogP contribution >= 0.6 is 0 Å². The van der Waals surface area contributed by atoms with Gasteiger partial charge >= 0.3 is 0 Å². The molecule has 1 atom stereocenters. The number of nitrogens with zero attached hydrogens (tertiary/aromatic N) is 1. The van der Waals surface area contributed by atoms with Crippen LogP contribution in [0.4, 0.5) is 0 Å². The lowest BCUT2D eigenvalue weighted by atomic mass is 9.96. The number of carbonyl (C=O) groups is 1. The van der Waals surface area contributed by atoms with Gasteiger partial charge in [-0.15, -0.1) is 0 Å². The zero-order valence-corrected chi connectivity index (χ0v) is 11.3. The van der Waals surface area contributed by atoms with Gasteiger partial charge in [0, 0.05) is 19.3 Å². The highest BCUT2D eigenvalue weighted by atomic mass is 16.1. The molecule has 1 saturated heterocycles. The van der Waals surface area contributed by atoms with E-state index in [2.05, 4.69) is 10.6 Å². The number of piperidine rings is 1. The van der Waals surface area contributed by atoms with Gasteiger partial charge in [0.15, 0.2) is 0 Å². The van der Waals surface area contributed by atoms with Crippen LogP contribution in [0.15, 0.2) is 12.1 Å². The predicted octanol–water partition coefficient (Wildman–Crippen LogP) is 1.45. The molecule has 0 bridgehead atoms. The molecular formula is C14H23N3O. The summed E-state index contributed by atoms with van der Waals surface area (Å²) < 4.78 is 1.93. The van der Waals surface area contributed by atoms with Crippen molar-refractivity contribution in [1.29, 1.82) is 0 Å². The molecule has 1 amide bonds. The fourth-order valence-electron chi connectivity index (χ4n) is 2.49. The summed E-state index contributed by atoms with van der Waals surface area (Å²) in [6.07, 6.45) is 3.61. The van der Waals surface area contributed by atoms with Crippen LogP contribution in [-0.4, -0.2) is 30.1 Å². The maximum atomic E-state index is 12.0. The maximum absolute atomic E-state index is 12.0. The Balaban J connectivity index is 1.76. The van der Waals surface area contributed by atoms with E-state index < -0.39 is 0 Å². The van der Waals surface area contributed by atoms with Gasteiger partial charge in [0.05, 0.1) is 0 Å². The molecule has 100 valence electrons. The summed E-state index contributed by atoms with van der Waals surface area (Å²) in [5, 5.41) is 6.41. The molecule has 4 heteroatoms. The number of hydrogen-bond acceptors (Lipinski definition) is 2. The molecule has 1 aromatic heterocycles. The summed E-state index contributed by atoms with van der Waals surface area (Å²) in [5.74, 6) is 0.753. The maximum Gasteiger partial charge on any atom is 0.267 e. The van der Waals surface area contributed by atoms with Gasteiger partial charge in [-0.05, 0) is 57.3 Å². The molecule has 2 heterocycles. The molecule has 0 spiro atoms. The summed E-state index contributed by atoms with van der Waals surface area (Å²) in [6.45, 7) is 5.02. The van der Waals surface area contributed by atoms with Gasteiger partial charge in [-0.2, -0.15) is 0 Å². The topological polar surface area (TPSA) is 46.1 Å². The van der Waals surface area contributed by atoms with E-state index in [1.165, 1.54) is 12.8 Å². The Bertz CT molecular complexity index is 405. The van der Waals surface area contributed by atoms with Crippen molar-refractivity contribution in [3.8, 4) is 0 Å². The standard InChI is InChI=1S/C14H23N3O/c1-11-5-6-13(17(11)2)14(18)16-9-7-12-4-3-8-15-10-12/h5-6,12,15H,3-4,7-10H2,1-2H3,(H,16,18). The van der Waals surface area contributed by atoms with Crippen LogP contribution in [-0.2, 0) is 7.05 Å². The minimum absolute atomic E-state index is 0.0365. The van der Waals surface area contributed by atoms with Crippen molar-refractivity contribution in [2.45, 2.75) is 26.2 Å². The Morgan fingerprint density at radius 1 is 1.56 bits per heavy atom. The number of rotatable bonds is 4. The fraction of sp³-hybridized carbons (Fsp3) is 0.643. The quantitative estimate of drug-likeness (QED) is 0.848. The molecule has 0 aliphatic carbocycles. The SMILES string of the molecule is Cc1ccc(C(=O)NCCC2CCCNC2)n1C. The second-order valence-corrected chi connectivity index (χ2v) is 5.18. The monoisotopic (exact) mass is 249 g/mol. The van der Waals surface area contributed by atoms with E-state index in [1.54, 1.807) is 0 Å². The molecule has 2 N–H and O–H groups in total. The fourth-order valence-corrected chi connectivity index (χ4v) is 2.49. The molecule has 1 aromatic rings. The average molecular weight is 249 g/mol. The van der Waals surface area contributed by atoms with E-state index in [0.29, 0.717) is 5.92 Å². The molecule has 4 nitrogen and oxygen atoms in total. The van der Waals surface area contributed by atoms with Crippen molar-refractivity contribution in [1.82, 2.24) is 15.2 Å². The minimum atomic E-state index is 0.0365. The van der Waals surface area contributed by atoms with Crippen molar-refractivity contribution in [3.05, 3.63) is 23.5 Å². The third-order valence-electron chi connectivity index (χ3n) is 3.84. The molecule has 1 fully saturated rings. The minimum Gasteiger partial charge on any atom is -0.351 e. The van der Waals surface area contributed by atoms with Crippen molar-refractivity contribution < 1.29 is 4.79 Å². The Morgan fingerprint density at radius 3 is 3.00 bits per heavy atom. The van der Waals surface area contributed by atoms with Crippen LogP contribution in [0.25, 0.3) is 0 Å². The highest BCUT2D eigenvalue weighted by Crippen LogP contribution is 2.13. The van der Waals surface area contributed by atoms with E-state index in [1.807, 2.05) is 30.7 Å². The highest BCUT2D eigenvalue weighted by Gasteiger charge is 2.14. The number of aryl methyl sites for hydroxylation is 1. The molecule has 1 aliphatic heterocycles. The highest BCUT2D eigenvalue weighted by molar-refractivity contribution is 5.92. The molecule has 1 aliphatic rings. The number of amides is 1. The van der Waals surface area contributed by atoms with E-state index >= 15 is 0 Å². The lowest BCUT2D eigenvalue weighted by Gasteiger charge is -2.22. The predicted molar refractivity (Wildman–Crippen MR) is 72.7 cm³/mol. The first-order chi connectivity index (χ1) is 8.68. The molecule has 0 aromatic carbocycles. The number of carbonyl (C=O) groups excluding carboxylic acids is 1. The van der Waals surface area contributed by atoms with Crippen LogP contribution < -0.4 is 10.6 Å². The summed E-state index contributed by atoms with van der Waals surface area (Å²) in [4.78, 5) is 12.0. The van der Waals surface area contributed by atoms with Crippen molar-refractivity contribution >= 4 is 5.91 Å². The lowest BCUT2D eigenvalue weighted by Crippen LogP contribution is -2.33. The first kappa shape index (κ1) is 13.1. The van der Waals surface area contributed by atoms with Gasteiger partial charge in [-0.1, -0.05) is 0 Å². The summed E-state index contributed by atoms with van der Waals surface area (Å²) >= 11 is 0. The van der Waals surface area contributed by atoms with Crippen LogP contribution in [0.5, 0.6) is 0 Å². The van der Waals surface area contributed by atoms with Gasteiger partial charge in [0.25, 0.3) is 5.91 Å². The Morgan fingerprint density at radius 2 is 2.39 bits per heavy atom. The summed E-state index contributed by atoms with van der Waals surface area (Å²) in [7, 11) is 1.93. The van der Waals surface area contributed by atoms with Crippen LogP contribution in [0.3, 0.4) is 0 Å². The molecule has 0 saturated carbocycles. The molecular weight excluding hydrogens is 226 g/mol. The van der Waals surface area contributed by atoms with E-state index in [9.17, 15) is 4.79 Å². The van der Waals surface area contributed by atoms with E-state index in [-0.39, 0.29) is 5.91 Å². The number of hydrogen-bond donors (Lipinski definition) is 2. The third kappa shape index (κ3) is 3.13. The molecule has 2 rings (SSSR count). The van der Waals surface area contributed by atoms with Crippen molar-refractivity contribution in [2.75, 3.05) is 19.6 Å². The van der Waals surface area contributed by atoms with Gasteiger partial charge in [0.1, 0.15) is 5.69 Å². The smallest absolute Gasteiger partial charge is 0.267 e. The van der Waals surface area contributed by atoms with Crippen LogP contribution in [0.2, 0.25) is 0 Å². The molecule has 18 heavy (non-hydrogen) atoms. The molecule has 0 radical (unpaired) electrons. The average Bonchev–Trinajstić information content (AvgIpc) is 2.71. The van der Waals surface area contributed by atoms with Gasteiger partial charge in [0.2, 0.25) is 0 Å². The van der Waals surface area contributed by atoms with Crippen molar-refractivity contribution in [3.63, 3.8) is 0 Å². The van der Waals surface area contributed by atoms with E-state index in [0.717, 1.165) is 37.4 Å². The summed E-state index contributed by atoms with van der Waals surface area (Å²) in [6, 6.07) is 3.85. The van der Waals surface area contributed by atoms with Crippen LogP contribution in [0, 0.1) is 12.8 Å². The Hall–Kier alpha value is -1.29. The Kier molecular flexibility index (Phi) is 4.42. The van der Waals surface area contributed by atoms with E-state index in [4.69, 9.17) is 0 Å². The second kappa shape index (κ2) is 6.05. The van der Waals surface area contributed by atoms with Gasteiger partial charge in [-0.3, -0.25) is 4.79 Å². The zero-order valence-electron chi connectivity index (χ0n) is 11.3. The zero-order chi connectivity index (χ0) is 13.0. The second-order valence-electron chi connectivity index (χ2n) is 5.18. The van der Waals surface area contributed by atoms with Crippen molar-refractivity contribution in [2.24, 2.45) is 13.0 Å². The Labute approximate surface area is 109 Å². The third-order valence-corrected chi connectivity index (χ3v) is 3.84. The lowest BCUT2D eigenvalue weighted by molar-refractivity contribution is 0.0942. The summed E-state index contributed by atoms with van der Waals surface area (Å²) in [5.41, 5.74) is 1.85. The number of aromatic nitrogens is 1. The largest absolute Gasteiger partial charge is 0.351 e. The van der Waals surface area contributed by atoms with Crippen LogP contribution in [0.1, 0.15) is 35.4 Å². The first-order valence-corrected chi connectivity index (χ1v) is 6.79. The normalized spacial score (nSPS) is 19.8. The van der Waals surface area contributed by atoms with Gasteiger partial charge < -0.3 is 15.2 Å².